The Bertz CT molecular complexity index is 281. The van der Waals surface area contributed by atoms with E-state index in [1.807, 2.05) is 0 Å². The van der Waals surface area contributed by atoms with Crippen LogP contribution in [0.3, 0.4) is 0 Å². The molecule has 0 unspecified atom stereocenters. The van der Waals surface area contributed by atoms with E-state index in [4.69, 9.17) is 9.30 Å². The smallest absolute Gasteiger partial charge is 0 e. The first-order chi connectivity index (χ1) is 11.2. The maximum Gasteiger partial charge on any atom is 0 e. The topological polar surface area (TPSA) is 43.0 Å². The third-order valence-electron chi connectivity index (χ3n) is 4.13. The van der Waals surface area contributed by atoms with Crippen LogP contribution in [-0.2, 0) is 26.1 Å². The molecule has 26 heavy (non-hydrogen) atoms. The average Bonchev–Trinajstić information content (AvgIpc) is 2.50. The molecule has 0 aromatic rings. The monoisotopic (exact) mass is 469 g/mol. The molecule has 0 aliphatic rings. The van der Waals surface area contributed by atoms with E-state index in [-0.39, 0.29) is 45.0 Å². The second-order valence-corrected chi connectivity index (χ2v) is 14.2. The second-order valence-electron chi connectivity index (χ2n) is 7.15. The molecular weight excluding hydrogens is 431 g/mol. The molecular formula is C19H39ClCoNO2P2-. The van der Waals surface area contributed by atoms with Gasteiger partial charge in [0, 0.05) is 29.9 Å². The van der Waals surface area contributed by atoms with Crippen LogP contribution in [0.5, 0.6) is 0 Å². The largest absolute Gasteiger partial charge is 1.00 e. The molecule has 0 saturated carbocycles. The summed E-state index contributed by atoms with van der Waals surface area (Å²) in [4.78, 5) is 2.58. The van der Waals surface area contributed by atoms with E-state index in [9.17, 15) is 0 Å². The van der Waals surface area contributed by atoms with E-state index >= 15 is 0 Å². The number of rotatable bonds is 10. The van der Waals surface area contributed by atoms with Crippen molar-refractivity contribution in [3.63, 3.8) is 0 Å². The van der Waals surface area contributed by atoms with Gasteiger partial charge in [-0.15, -0.1) is 15.8 Å². The van der Waals surface area contributed by atoms with Crippen LogP contribution in [0.1, 0.15) is 55.4 Å². The Hall–Kier alpha value is 1.10. The van der Waals surface area contributed by atoms with Gasteiger partial charge < -0.3 is 17.3 Å². The maximum atomic E-state index is 7.50. The Morgan fingerprint density at radius 1 is 0.654 bits per heavy atom. The van der Waals surface area contributed by atoms with Crippen LogP contribution >= 0.6 is 15.8 Å². The Morgan fingerprint density at radius 2 is 0.846 bits per heavy atom. The Labute approximate surface area is 182 Å². The van der Waals surface area contributed by atoms with Crippen molar-refractivity contribution in [2.75, 3.05) is 32.5 Å². The molecule has 0 heterocycles. The van der Waals surface area contributed by atoms with Gasteiger partial charge in [-0.1, -0.05) is 55.4 Å². The minimum atomic E-state index is 0. The quantitative estimate of drug-likeness (QED) is 0.275. The maximum absolute atomic E-state index is 7.50. The van der Waals surface area contributed by atoms with Crippen LogP contribution in [0.2, 0.25) is 0 Å². The van der Waals surface area contributed by atoms with Gasteiger partial charge >= 0.3 is 22.6 Å². The molecule has 0 rings (SSSR count). The van der Waals surface area contributed by atoms with E-state index in [0.29, 0.717) is 0 Å². The van der Waals surface area contributed by atoms with Gasteiger partial charge in [0.25, 0.3) is 0 Å². The molecule has 0 N–H and O–H groups in total. The molecule has 159 valence electrons. The number of hydrogen-bond donors (Lipinski definition) is 0. The van der Waals surface area contributed by atoms with E-state index in [1.165, 1.54) is 25.4 Å². The van der Waals surface area contributed by atoms with Gasteiger partial charge in [0.2, 0.25) is 0 Å². The minimum absolute atomic E-state index is 0. The summed E-state index contributed by atoms with van der Waals surface area (Å²) in [5.41, 5.74) is 3.51. The Balaban J connectivity index is -0.000000227. The fourth-order valence-corrected chi connectivity index (χ4v) is 8.50. The van der Waals surface area contributed by atoms with E-state index in [1.54, 1.807) is 0 Å². The van der Waals surface area contributed by atoms with Crippen molar-refractivity contribution in [2.24, 2.45) is 0 Å². The van der Waals surface area contributed by atoms with E-state index in [0.717, 1.165) is 22.6 Å². The van der Waals surface area contributed by atoms with Gasteiger partial charge in [0.15, 0.2) is 0 Å². The first-order valence-corrected chi connectivity index (χ1v) is 12.1. The molecule has 3 nitrogen and oxygen atoms in total. The molecule has 0 fully saturated rings. The van der Waals surface area contributed by atoms with Gasteiger partial charge in [-0.05, 0) is 42.0 Å². The summed E-state index contributed by atoms with van der Waals surface area (Å²) < 4.78 is 15.0. The molecule has 0 saturated heterocycles. The number of hydrogen-bond acceptors (Lipinski definition) is 1. The first kappa shape index (κ1) is 37.8. The second kappa shape index (κ2) is 24.1. The van der Waals surface area contributed by atoms with Crippen LogP contribution in [-0.4, -0.2) is 60.0 Å². The van der Waals surface area contributed by atoms with Gasteiger partial charge in [-0.3, -0.25) is 0 Å². The molecule has 0 aromatic carbocycles. The number of nitrogens with zero attached hydrogens (tertiary/aromatic N) is 1. The standard InChI is InChI=1S/C17H39NP2.2CO.ClH.Co/c1-14(2)19(15(3)4)12-10-18(9)11-13-20(16(5)6)17(7)8;2*1-2;;/h14-17H,10-13H2,1-9H3;;;1H;/p-1. The van der Waals surface area contributed by atoms with Crippen molar-refractivity contribution in [1.82, 2.24) is 4.90 Å². The van der Waals surface area contributed by atoms with Crippen LogP contribution in [0, 0.1) is 13.3 Å². The van der Waals surface area contributed by atoms with Gasteiger partial charge in [-0.2, -0.15) is 0 Å². The summed E-state index contributed by atoms with van der Waals surface area (Å²) in [6, 6.07) is 0. The normalized spacial score (nSPS) is 10.3. The fourth-order valence-electron chi connectivity index (χ4n) is 2.91. The molecule has 0 amide bonds. The van der Waals surface area contributed by atoms with Crippen LogP contribution in [0.15, 0.2) is 0 Å². The summed E-state index contributed by atoms with van der Waals surface area (Å²) >= 11 is 0. The summed E-state index contributed by atoms with van der Waals surface area (Å²) in [7, 11) is 2.72. The molecule has 0 bridgehead atoms. The third-order valence-corrected chi connectivity index (χ3v) is 10.9. The fraction of sp³-hybridized carbons (Fsp3) is 0.895. The van der Waals surface area contributed by atoms with Crippen LogP contribution in [0.4, 0.5) is 0 Å². The molecule has 0 atom stereocenters. The first-order valence-electron chi connectivity index (χ1n) is 8.77. The predicted octanol–water partition coefficient (Wildman–Crippen LogP) is 2.44. The predicted molar refractivity (Wildman–Crippen MR) is 109 cm³/mol. The molecule has 0 aliphatic carbocycles. The zero-order chi connectivity index (χ0) is 19.9. The van der Waals surface area contributed by atoms with E-state index in [2.05, 4.69) is 80.6 Å². The van der Waals surface area contributed by atoms with Crippen molar-refractivity contribution < 1.29 is 38.5 Å². The summed E-state index contributed by atoms with van der Waals surface area (Å²) in [5, 5.41) is 0. The molecule has 1 radical (unpaired) electrons. The van der Waals surface area contributed by atoms with E-state index < -0.39 is 0 Å². The zero-order valence-corrected chi connectivity index (χ0v) is 21.6. The minimum Gasteiger partial charge on any atom is -1.00 e. The van der Waals surface area contributed by atoms with Crippen molar-refractivity contribution in [2.45, 2.75) is 78.0 Å². The third kappa shape index (κ3) is 19.8. The van der Waals surface area contributed by atoms with Crippen LogP contribution < -0.4 is 12.4 Å². The van der Waals surface area contributed by atoms with Gasteiger partial charge in [-0.25, -0.2) is 0 Å². The SMILES string of the molecule is CC(C)P(CCN(C)CCP(C(C)C)C(C)C)C(C)C.[C-]#[O+].[C-]#[O+].[Cl-].[Co]. The molecule has 0 aromatic heterocycles. The van der Waals surface area contributed by atoms with Crippen molar-refractivity contribution in [1.29, 1.82) is 0 Å². The molecule has 7 heteroatoms. The number of halogens is 1. The zero-order valence-electron chi connectivity index (χ0n) is 18.0. The summed E-state index contributed by atoms with van der Waals surface area (Å²) in [5.74, 6) is 0. The average molecular weight is 470 g/mol. The summed E-state index contributed by atoms with van der Waals surface area (Å²) in [6.07, 6.45) is 2.84. The van der Waals surface area contributed by atoms with Crippen molar-refractivity contribution >= 4 is 15.8 Å². The van der Waals surface area contributed by atoms with Crippen molar-refractivity contribution in [3.8, 4) is 0 Å². The summed E-state index contributed by atoms with van der Waals surface area (Å²) in [6.45, 7) is 30.8. The van der Waals surface area contributed by atoms with Crippen LogP contribution in [0.25, 0.3) is 0 Å². The van der Waals surface area contributed by atoms with Crippen molar-refractivity contribution in [3.05, 3.63) is 13.3 Å². The Morgan fingerprint density at radius 3 is 1.00 bits per heavy atom. The van der Waals surface area contributed by atoms with Gasteiger partial charge in [0.05, 0.1) is 0 Å². The Kier molecular flexibility index (Phi) is 35.1. The van der Waals surface area contributed by atoms with Gasteiger partial charge in [0.1, 0.15) is 0 Å². The molecule has 0 spiro atoms. The molecule has 0 aliphatic heterocycles.